The summed E-state index contributed by atoms with van der Waals surface area (Å²) in [6, 6.07) is 135. The van der Waals surface area contributed by atoms with E-state index in [2.05, 4.69) is 387 Å². The number of rotatable bonds is 30. The zero-order valence-electron chi connectivity index (χ0n) is 65.7. The Morgan fingerprint density at radius 1 is 0.194 bits per heavy atom. The first kappa shape index (κ1) is 76.8. The van der Waals surface area contributed by atoms with Crippen molar-refractivity contribution in [2.24, 2.45) is 0 Å². The molecule has 108 heavy (non-hydrogen) atoms. The summed E-state index contributed by atoms with van der Waals surface area (Å²) < 4.78 is 0. The second-order valence-electron chi connectivity index (χ2n) is 32.8. The van der Waals surface area contributed by atoms with Crippen molar-refractivity contribution in [3.63, 3.8) is 0 Å². The van der Waals surface area contributed by atoms with Crippen molar-refractivity contribution in [3.05, 3.63) is 429 Å². The highest BCUT2D eigenvalue weighted by molar-refractivity contribution is 5.39. The van der Waals surface area contributed by atoms with Crippen LogP contribution in [0.1, 0.15) is 310 Å². The molecule has 15 unspecified atom stereocenters. The lowest BCUT2D eigenvalue weighted by Gasteiger charge is -2.34. The van der Waals surface area contributed by atoms with E-state index in [1.165, 1.54) is 83.5 Å². The molecule has 0 saturated heterocycles. The third-order valence-electron chi connectivity index (χ3n) is 25.9. The largest absolute Gasteiger partial charge is 0.0648 e. The van der Waals surface area contributed by atoms with Crippen molar-refractivity contribution in [1.82, 2.24) is 0 Å². The minimum atomic E-state index is 0.272. The maximum Gasteiger partial charge on any atom is -0.0150 e. The molecule has 0 N–H and O–H groups in total. The average Bonchev–Trinajstić information content (AvgIpc) is 0.814. The van der Waals surface area contributed by atoms with E-state index in [0.29, 0.717) is 82.9 Å². The van der Waals surface area contributed by atoms with Crippen LogP contribution >= 0.6 is 0 Å². The topological polar surface area (TPSA) is 0 Å². The molecule has 552 valence electrons. The molecule has 0 fully saturated rings. The first-order valence-corrected chi connectivity index (χ1v) is 41.9. The van der Waals surface area contributed by atoms with Crippen molar-refractivity contribution in [2.45, 2.75) is 227 Å². The van der Waals surface area contributed by atoms with Crippen molar-refractivity contribution in [3.8, 4) is 0 Å². The zero-order chi connectivity index (χ0) is 74.2. The van der Waals surface area contributed by atoms with Crippen LogP contribution in [0.4, 0.5) is 0 Å². The standard InChI is InChI=1S/C108H120/c1-7-82(88-43-25-13-26-44-88)70-103(92-51-33-17-34-52-92)76-107(73-100(91-49-31-16-32-50-91)67-79(4)85-37-19-10-20-38-85)98-63-65-99(66-64-98)108-75-102(69-81(6)87-41-23-12-24-42-87)95-57-55-94(56-58-95)101(68-80(5)86-39-21-11-22-40-86)74-106(93-53-35-18-36-54-93)77-104(71-83(8-2)89-45-27-14-28-46-89)96-59-61-97(62-60-96)105(78-108)72-84(9-3)90-47-29-15-30-48-90/h10-66,79-84,100-108H,7-9,67-78H2,1-6H3. The van der Waals surface area contributed by atoms with Gasteiger partial charge in [-0.15, -0.1) is 0 Å². The smallest absolute Gasteiger partial charge is 0.0150 e. The lowest BCUT2D eigenvalue weighted by Crippen LogP contribution is -2.17. The second-order valence-corrected chi connectivity index (χ2v) is 32.8. The predicted molar refractivity (Wildman–Crippen MR) is 462 cm³/mol. The van der Waals surface area contributed by atoms with E-state index in [-0.39, 0.29) is 5.92 Å². The summed E-state index contributed by atoms with van der Waals surface area (Å²) in [6.45, 7) is 14.7. The SMILES string of the molecule is CCC(CC1CC(c2ccccc2)CC(CC(C)c2ccccc2)c2ccc(cc2)C(CC(C)c2ccccc2)CC(c2ccc(C(CC(CC(C)c3ccccc3)c3ccccc3)CC(CC(CC)c3ccccc3)c3ccccc3)cc2)CC(CC(CC)c2ccccc2)c2ccc1cc2)c1ccccc1. The Hall–Kier alpha value is -9.36. The van der Waals surface area contributed by atoms with Crippen LogP contribution in [0.15, 0.2) is 346 Å². The van der Waals surface area contributed by atoms with Gasteiger partial charge in [-0.3, -0.25) is 0 Å². The first-order chi connectivity index (χ1) is 53.1. The minimum absolute atomic E-state index is 0.272. The van der Waals surface area contributed by atoms with Crippen molar-refractivity contribution in [2.75, 3.05) is 0 Å². The minimum Gasteiger partial charge on any atom is -0.0648 e. The van der Waals surface area contributed by atoms with Gasteiger partial charge >= 0.3 is 0 Å². The molecule has 0 heteroatoms. The predicted octanol–water partition coefficient (Wildman–Crippen LogP) is 30.6. The van der Waals surface area contributed by atoms with Gasteiger partial charge in [-0.2, -0.15) is 0 Å². The molecule has 0 radical (unpaired) electrons. The maximum absolute atomic E-state index is 2.65. The highest BCUT2D eigenvalue weighted by atomic mass is 14.4. The molecule has 4 aliphatic carbocycles. The number of hydrogen-bond donors (Lipinski definition) is 0. The fourth-order valence-electron chi connectivity index (χ4n) is 19.5. The fourth-order valence-corrected chi connectivity index (χ4v) is 19.5. The van der Waals surface area contributed by atoms with Crippen LogP contribution in [-0.2, 0) is 0 Å². The summed E-state index contributed by atoms with van der Waals surface area (Å²) in [4.78, 5) is 0. The van der Waals surface area contributed by atoms with Crippen LogP contribution in [0.25, 0.3) is 0 Å². The first-order valence-electron chi connectivity index (χ1n) is 41.9. The van der Waals surface area contributed by atoms with E-state index in [1.807, 2.05) is 0 Å². The molecule has 0 amide bonds. The maximum atomic E-state index is 2.65. The van der Waals surface area contributed by atoms with Crippen LogP contribution in [0, 0.1) is 0 Å². The molecule has 0 heterocycles. The Bertz CT molecular complexity index is 4460. The van der Waals surface area contributed by atoms with Crippen molar-refractivity contribution < 1.29 is 0 Å². The van der Waals surface area contributed by atoms with E-state index in [4.69, 9.17) is 0 Å². The normalized spacial score (nSPS) is 19.5. The fraction of sp³-hybridized carbons (Fsp3) is 0.333. The quantitative estimate of drug-likeness (QED) is 0.0421. The molecule has 0 aliphatic heterocycles. The molecular weight excluding hydrogens is 1300 g/mol. The van der Waals surface area contributed by atoms with Gasteiger partial charge < -0.3 is 0 Å². The van der Waals surface area contributed by atoms with Gasteiger partial charge in [-0.05, 0) is 269 Å². The third-order valence-corrected chi connectivity index (χ3v) is 25.9. The molecule has 12 aromatic rings. The van der Waals surface area contributed by atoms with Crippen LogP contribution in [0.3, 0.4) is 0 Å². The van der Waals surface area contributed by atoms with Gasteiger partial charge in [0.1, 0.15) is 0 Å². The lowest BCUT2D eigenvalue weighted by molar-refractivity contribution is 0.401. The van der Waals surface area contributed by atoms with Gasteiger partial charge in [0, 0.05) is 0 Å². The highest BCUT2D eigenvalue weighted by Crippen LogP contribution is 2.51. The van der Waals surface area contributed by atoms with Crippen LogP contribution in [0.5, 0.6) is 0 Å². The summed E-state index contributed by atoms with van der Waals surface area (Å²) in [5, 5.41) is 0. The molecule has 0 nitrogen and oxygen atoms in total. The van der Waals surface area contributed by atoms with E-state index in [0.717, 1.165) is 96.3 Å². The van der Waals surface area contributed by atoms with Gasteiger partial charge in [-0.1, -0.05) is 387 Å². The highest BCUT2D eigenvalue weighted by Gasteiger charge is 2.34. The molecule has 0 aromatic heterocycles. The lowest BCUT2D eigenvalue weighted by atomic mass is 9.71. The Labute approximate surface area is 651 Å². The summed E-state index contributed by atoms with van der Waals surface area (Å²) in [6.07, 6.45) is 16.3. The Morgan fingerprint density at radius 3 is 0.713 bits per heavy atom. The molecule has 12 aromatic carbocycles. The Balaban J connectivity index is 0.960. The van der Waals surface area contributed by atoms with Gasteiger partial charge in [0.25, 0.3) is 0 Å². The van der Waals surface area contributed by atoms with Crippen LogP contribution in [-0.4, -0.2) is 0 Å². The van der Waals surface area contributed by atoms with E-state index < -0.39 is 0 Å². The van der Waals surface area contributed by atoms with E-state index in [1.54, 1.807) is 0 Å². The third kappa shape index (κ3) is 20.7. The van der Waals surface area contributed by atoms with Crippen molar-refractivity contribution >= 4 is 0 Å². The van der Waals surface area contributed by atoms with Crippen LogP contribution < -0.4 is 0 Å². The molecule has 0 spiro atoms. The summed E-state index contributed by atoms with van der Waals surface area (Å²) in [5.41, 5.74) is 21.9. The zero-order valence-corrected chi connectivity index (χ0v) is 65.7. The Morgan fingerprint density at radius 2 is 0.407 bits per heavy atom. The molecule has 0 saturated carbocycles. The molecule has 4 bridgehead atoms. The Kier molecular flexibility index (Phi) is 27.8. The van der Waals surface area contributed by atoms with E-state index >= 15 is 0 Å². The van der Waals surface area contributed by atoms with Gasteiger partial charge in [0.2, 0.25) is 0 Å². The van der Waals surface area contributed by atoms with E-state index in [9.17, 15) is 0 Å². The molecular formula is C108H120. The number of hydrogen-bond acceptors (Lipinski definition) is 0. The van der Waals surface area contributed by atoms with Gasteiger partial charge in [0.15, 0.2) is 0 Å². The summed E-state index contributed by atoms with van der Waals surface area (Å²) >= 11 is 0. The summed E-state index contributed by atoms with van der Waals surface area (Å²) in [5.74, 6) is 5.48. The van der Waals surface area contributed by atoms with Gasteiger partial charge in [0.05, 0.1) is 0 Å². The molecule has 16 rings (SSSR count). The monoisotopic (exact) mass is 1420 g/mol. The average molecular weight is 1420 g/mol. The molecule has 15 atom stereocenters. The molecule has 4 aliphatic rings. The second kappa shape index (κ2) is 39.1. The summed E-state index contributed by atoms with van der Waals surface area (Å²) in [7, 11) is 0. The van der Waals surface area contributed by atoms with Crippen molar-refractivity contribution in [1.29, 1.82) is 0 Å². The van der Waals surface area contributed by atoms with Gasteiger partial charge in [-0.25, -0.2) is 0 Å². The van der Waals surface area contributed by atoms with Crippen LogP contribution in [0.2, 0.25) is 0 Å². The number of benzene rings is 12.